The molecule has 0 bridgehead atoms. The third-order valence-corrected chi connectivity index (χ3v) is 8.96. The monoisotopic (exact) mass is 836 g/mol. The van der Waals surface area contributed by atoms with Crippen molar-refractivity contribution in [1.29, 1.82) is 0 Å². The third kappa shape index (κ3) is 11.2. The maximum Gasteiger partial charge on any atom is 0.188 e. The number of allylic oxidation sites excluding steroid dienone is 2. The number of fused-ring (bicyclic) bond motifs is 1. The summed E-state index contributed by atoms with van der Waals surface area (Å²) in [7, 11) is 0. The molecule has 1 heterocycles. The maximum absolute atomic E-state index is 11.7. The molecule has 1 N–H and O–H groups in total. The molecule has 1 radical (unpaired) electrons. The Morgan fingerprint density at radius 3 is 2.02 bits per heavy atom. The smallest absolute Gasteiger partial charge is 0.188 e. The Hall–Kier alpha value is -3.58. The standard InChI is InChI=1S/C31H31N2.C13H24O2.Ir/c1-30(2,3)20-21-12-14-22(15-13-21)26-16-17-33-28(29(26)32-7)24-18-23-10-8-9-11-25(23)27(19-24)31(4,5)6;1-5-10(6-2)12(14)9-13(15)11(7-3)8-4;/h8-17,19H,20H2,1-6H3;9-11,14H,5-8H2,1-4H3;/q-1;;/b;12-9-;. The Morgan fingerprint density at radius 1 is 0.898 bits per heavy atom. The molecule has 0 spiro atoms. The van der Waals surface area contributed by atoms with Crippen molar-refractivity contribution in [2.75, 3.05) is 0 Å². The molecule has 49 heavy (non-hydrogen) atoms. The molecule has 0 saturated carbocycles. The minimum Gasteiger partial charge on any atom is -0.512 e. The van der Waals surface area contributed by atoms with Crippen LogP contribution in [-0.2, 0) is 36.7 Å². The fourth-order valence-corrected chi connectivity index (χ4v) is 6.17. The second kappa shape index (κ2) is 18.4. The van der Waals surface area contributed by atoms with Crippen LogP contribution in [0.15, 0.2) is 78.7 Å². The van der Waals surface area contributed by atoms with Crippen LogP contribution in [-0.4, -0.2) is 15.9 Å². The van der Waals surface area contributed by atoms with E-state index in [-0.39, 0.29) is 54.3 Å². The van der Waals surface area contributed by atoms with Crippen LogP contribution < -0.4 is 0 Å². The number of aliphatic hydroxyl groups is 1. The normalized spacial score (nSPS) is 11.9. The number of aromatic nitrogens is 1. The zero-order chi connectivity index (χ0) is 35.6. The molecule has 0 unspecified atom stereocenters. The second-order valence-electron chi connectivity index (χ2n) is 15.0. The first-order valence-corrected chi connectivity index (χ1v) is 17.5. The van der Waals surface area contributed by atoms with Crippen molar-refractivity contribution in [3.63, 3.8) is 0 Å². The van der Waals surface area contributed by atoms with Crippen molar-refractivity contribution in [2.45, 2.75) is 107 Å². The van der Waals surface area contributed by atoms with Crippen LogP contribution in [0.4, 0.5) is 5.69 Å². The maximum atomic E-state index is 11.7. The van der Waals surface area contributed by atoms with Gasteiger partial charge in [-0.1, -0.05) is 117 Å². The minimum atomic E-state index is -0.0395. The number of aliphatic hydroxyl groups excluding tert-OH is 1. The first kappa shape index (κ1) is 41.6. The summed E-state index contributed by atoms with van der Waals surface area (Å²) < 4.78 is 0. The summed E-state index contributed by atoms with van der Waals surface area (Å²) in [5, 5.41) is 12.0. The molecule has 4 rings (SSSR count). The number of pyridine rings is 1. The Bertz CT molecular complexity index is 1740. The number of rotatable bonds is 10. The zero-order valence-electron chi connectivity index (χ0n) is 31.2. The SMILES string of the molecule is CCC(CC)C(=O)/C=C(\O)C(CC)CC.[C-]#[N+]c1c(-c2ccc(CC(C)(C)C)cc2)ccnc1-c1[c-]c2ccccc2c(C(C)(C)C)c1.[Ir]. The van der Waals surface area contributed by atoms with Gasteiger partial charge in [0.25, 0.3) is 0 Å². The van der Waals surface area contributed by atoms with Gasteiger partial charge in [0.05, 0.1) is 12.3 Å². The summed E-state index contributed by atoms with van der Waals surface area (Å²) in [6.45, 7) is 29.5. The van der Waals surface area contributed by atoms with Gasteiger partial charge < -0.3 is 10.1 Å². The van der Waals surface area contributed by atoms with Gasteiger partial charge in [0.15, 0.2) is 11.5 Å². The number of hydrogen-bond acceptors (Lipinski definition) is 3. The molecule has 0 aliphatic carbocycles. The average molecular weight is 836 g/mol. The van der Waals surface area contributed by atoms with E-state index >= 15 is 0 Å². The van der Waals surface area contributed by atoms with Gasteiger partial charge in [0, 0.05) is 49.9 Å². The van der Waals surface area contributed by atoms with Gasteiger partial charge in [-0.25, -0.2) is 4.85 Å². The summed E-state index contributed by atoms with van der Waals surface area (Å²) in [6, 6.07) is 24.6. The number of carbonyl (C=O) groups excluding carboxylic acids is 1. The Labute approximate surface area is 309 Å². The predicted octanol–water partition coefficient (Wildman–Crippen LogP) is 12.7. The van der Waals surface area contributed by atoms with E-state index in [0.29, 0.717) is 11.4 Å². The summed E-state index contributed by atoms with van der Waals surface area (Å²) in [5.74, 6) is 0.547. The third-order valence-electron chi connectivity index (χ3n) is 8.96. The van der Waals surface area contributed by atoms with E-state index in [1.165, 1.54) is 22.6 Å². The van der Waals surface area contributed by atoms with Crippen molar-refractivity contribution in [3.05, 3.63) is 107 Å². The first-order chi connectivity index (χ1) is 22.7. The average Bonchev–Trinajstić information content (AvgIpc) is 3.04. The van der Waals surface area contributed by atoms with E-state index < -0.39 is 0 Å². The number of hydrogen-bond donors (Lipinski definition) is 1. The fraction of sp³-hybridized carbons (Fsp3) is 0.432. The molecule has 4 nitrogen and oxygen atoms in total. The molecule has 0 aliphatic rings. The molecule has 5 heteroatoms. The van der Waals surface area contributed by atoms with Crippen molar-refractivity contribution in [1.82, 2.24) is 4.98 Å². The van der Waals surface area contributed by atoms with E-state index in [1.54, 1.807) is 0 Å². The molecule has 0 amide bonds. The van der Waals surface area contributed by atoms with Gasteiger partial charge in [-0.2, -0.15) is 0 Å². The first-order valence-electron chi connectivity index (χ1n) is 17.5. The second-order valence-corrected chi connectivity index (χ2v) is 15.0. The van der Waals surface area contributed by atoms with E-state index in [1.807, 2.05) is 46.0 Å². The summed E-state index contributed by atoms with van der Waals surface area (Å²) >= 11 is 0. The van der Waals surface area contributed by atoms with Gasteiger partial charge in [0.2, 0.25) is 0 Å². The molecular weight excluding hydrogens is 781 g/mol. The fourth-order valence-electron chi connectivity index (χ4n) is 6.17. The molecular formula is C44H55IrN2O2-. The van der Waals surface area contributed by atoms with Crippen LogP contribution in [0.1, 0.15) is 106 Å². The largest absolute Gasteiger partial charge is 0.512 e. The number of carbonyl (C=O) groups is 1. The molecule has 0 aliphatic heterocycles. The molecule has 1 aromatic heterocycles. The summed E-state index contributed by atoms with van der Waals surface area (Å²) in [6.07, 6.45) is 7.73. The van der Waals surface area contributed by atoms with Gasteiger partial charge >= 0.3 is 0 Å². The van der Waals surface area contributed by atoms with Gasteiger partial charge in [-0.3, -0.25) is 4.79 Å². The van der Waals surface area contributed by atoms with Crippen LogP contribution in [0.5, 0.6) is 0 Å². The molecule has 3 aromatic carbocycles. The van der Waals surface area contributed by atoms with Crippen molar-refractivity contribution < 1.29 is 30.0 Å². The molecule has 0 saturated heterocycles. The van der Waals surface area contributed by atoms with Crippen molar-refractivity contribution in [3.8, 4) is 22.4 Å². The summed E-state index contributed by atoms with van der Waals surface area (Å²) in [5.41, 5.74) is 6.84. The number of nitrogens with zero attached hydrogens (tertiary/aromatic N) is 2. The molecule has 0 atom stereocenters. The minimum absolute atomic E-state index is 0. The van der Waals surface area contributed by atoms with Gasteiger partial charge in [-0.15, -0.1) is 34.7 Å². The molecule has 4 aromatic rings. The van der Waals surface area contributed by atoms with Crippen molar-refractivity contribution >= 4 is 22.2 Å². The van der Waals surface area contributed by atoms with E-state index in [0.717, 1.165) is 54.2 Å². The van der Waals surface area contributed by atoms with Crippen LogP contribution >= 0.6 is 0 Å². The van der Waals surface area contributed by atoms with Crippen LogP contribution in [0.2, 0.25) is 0 Å². The van der Waals surface area contributed by atoms with Crippen LogP contribution in [0.3, 0.4) is 0 Å². The quantitative estimate of drug-likeness (QED) is 0.0983. The number of ketones is 1. The zero-order valence-corrected chi connectivity index (χ0v) is 33.6. The van der Waals surface area contributed by atoms with Crippen LogP contribution in [0, 0.1) is 29.9 Å². The predicted molar refractivity (Wildman–Crippen MR) is 203 cm³/mol. The van der Waals surface area contributed by atoms with Gasteiger partial charge in [-0.05, 0) is 65.7 Å². The van der Waals surface area contributed by atoms with E-state index in [9.17, 15) is 9.90 Å². The van der Waals surface area contributed by atoms with Crippen LogP contribution in [0.25, 0.3) is 38.0 Å². The van der Waals surface area contributed by atoms with Crippen molar-refractivity contribution in [2.24, 2.45) is 17.3 Å². The molecule has 0 fully saturated rings. The summed E-state index contributed by atoms with van der Waals surface area (Å²) in [4.78, 5) is 20.3. The Kier molecular flexibility index (Phi) is 15.6. The number of benzene rings is 3. The molecule has 263 valence electrons. The van der Waals surface area contributed by atoms with Gasteiger partial charge in [0.1, 0.15) is 0 Å². The van der Waals surface area contributed by atoms with E-state index in [2.05, 4.69) is 106 Å². The Balaban J connectivity index is 0.000000444. The van der Waals surface area contributed by atoms with E-state index in [4.69, 9.17) is 6.57 Å². The Morgan fingerprint density at radius 2 is 1.49 bits per heavy atom. The topological polar surface area (TPSA) is 54.5 Å².